The zero-order valence-electron chi connectivity index (χ0n) is 7.42. The van der Waals surface area contributed by atoms with Crippen LogP contribution in [0.15, 0.2) is 12.2 Å². The van der Waals surface area contributed by atoms with Gasteiger partial charge in [-0.3, -0.25) is 0 Å². The standard InChI is InChI=1S/C8H12O6/c9-6(10)2-1-5-14-8(13)4-3-7(11)12/h3-4,6,9-10H,1-2,5H2,(H,11,12)/b4-3-. The molecule has 0 aliphatic rings. The summed E-state index contributed by atoms with van der Waals surface area (Å²) in [4.78, 5) is 20.7. The van der Waals surface area contributed by atoms with Crippen LogP contribution in [0.1, 0.15) is 12.8 Å². The Balaban J connectivity index is 3.50. The normalized spacial score (nSPS) is 10.8. The zero-order valence-corrected chi connectivity index (χ0v) is 7.42. The van der Waals surface area contributed by atoms with Gasteiger partial charge in [-0.15, -0.1) is 0 Å². The van der Waals surface area contributed by atoms with Gasteiger partial charge in [-0.1, -0.05) is 0 Å². The van der Waals surface area contributed by atoms with Crippen LogP contribution >= 0.6 is 0 Å². The topological polar surface area (TPSA) is 104 Å². The molecule has 0 heterocycles. The lowest BCUT2D eigenvalue weighted by Crippen LogP contribution is -2.08. The minimum absolute atomic E-state index is 0.0282. The fourth-order valence-electron chi connectivity index (χ4n) is 0.626. The highest BCUT2D eigenvalue weighted by Crippen LogP contribution is 1.94. The summed E-state index contributed by atoms with van der Waals surface area (Å²) < 4.78 is 4.53. The molecule has 14 heavy (non-hydrogen) atoms. The van der Waals surface area contributed by atoms with Crippen molar-refractivity contribution in [3.05, 3.63) is 12.2 Å². The summed E-state index contributed by atoms with van der Waals surface area (Å²) in [6, 6.07) is 0. The summed E-state index contributed by atoms with van der Waals surface area (Å²) in [6.45, 7) is 0.0282. The summed E-state index contributed by atoms with van der Waals surface area (Å²) in [5, 5.41) is 25.0. The number of carboxylic acids is 1. The lowest BCUT2D eigenvalue weighted by Gasteiger charge is -2.02. The van der Waals surface area contributed by atoms with E-state index in [0.717, 1.165) is 6.08 Å². The lowest BCUT2D eigenvalue weighted by atomic mass is 10.3. The van der Waals surface area contributed by atoms with Crippen LogP contribution in [-0.4, -0.2) is 40.2 Å². The minimum atomic E-state index is -1.41. The molecule has 80 valence electrons. The van der Waals surface area contributed by atoms with E-state index in [-0.39, 0.29) is 13.0 Å². The number of hydrogen-bond acceptors (Lipinski definition) is 5. The molecule has 0 aromatic rings. The van der Waals surface area contributed by atoms with Crippen molar-refractivity contribution in [2.24, 2.45) is 0 Å². The quantitative estimate of drug-likeness (QED) is 0.228. The number of rotatable bonds is 6. The molecule has 6 nitrogen and oxygen atoms in total. The van der Waals surface area contributed by atoms with Crippen molar-refractivity contribution in [3.63, 3.8) is 0 Å². The molecule has 0 amide bonds. The van der Waals surface area contributed by atoms with E-state index in [0.29, 0.717) is 12.5 Å². The molecule has 0 saturated carbocycles. The Kier molecular flexibility index (Phi) is 6.34. The van der Waals surface area contributed by atoms with E-state index < -0.39 is 18.2 Å². The van der Waals surface area contributed by atoms with Gasteiger partial charge in [-0.05, 0) is 6.42 Å². The molecule has 0 aliphatic carbocycles. The van der Waals surface area contributed by atoms with Crippen LogP contribution in [0.3, 0.4) is 0 Å². The van der Waals surface area contributed by atoms with Gasteiger partial charge in [-0.2, -0.15) is 0 Å². The number of esters is 1. The van der Waals surface area contributed by atoms with E-state index in [4.69, 9.17) is 15.3 Å². The van der Waals surface area contributed by atoms with Crippen LogP contribution in [0.2, 0.25) is 0 Å². The van der Waals surface area contributed by atoms with E-state index in [2.05, 4.69) is 4.74 Å². The van der Waals surface area contributed by atoms with Gasteiger partial charge in [0.2, 0.25) is 0 Å². The molecule has 6 heteroatoms. The van der Waals surface area contributed by atoms with E-state index in [9.17, 15) is 9.59 Å². The first-order valence-corrected chi connectivity index (χ1v) is 3.96. The molecule has 0 aromatic heterocycles. The predicted octanol–water partition coefficient (Wildman–Crippen LogP) is -0.739. The number of aliphatic hydroxyl groups excluding tert-OH is 1. The van der Waals surface area contributed by atoms with Crippen molar-refractivity contribution in [1.29, 1.82) is 0 Å². The van der Waals surface area contributed by atoms with Gasteiger partial charge in [-0.25, -0.2) is 9.59 Å². The van der Waals surface area contributed by atoms with Gasteiger partial charge in [0.05, 0.1) is 6.61 Å². The zero-order chi connectivity index (χ0) is 11.0. The molecular formula is C8H12O6. The average Bonchev–Trinajstić information content (AvgIpc) is 2.08. The van der Waals surface area contributed by atoms with Gasteiger partial charge in [0.15, 0.2) is 6.29 Å². The molecule has 0 rings (SSSR count). The fraction of sp³-hybridized carbons (Fsp3) is 0.500. The molecule has 0 spiro atoms. The molecule has 0 fully saturated rings. The maximum Gasteiger partial charge on any atom is 0.331 e. The van der Waals surface area contributed by atoms with Crippen molar-refractivity contribution in [2.45, 2.75) is 19.1 Å². The van der Waals surface area contributed by atoms with E-state index in [1.807, 2.05) is 0 Å². The van der Waals surface area contributed by atoms with Gasteiger partial charge in [0.1, 0.15) is 0 Å². The monoisotopic (exact) mass is 204 g/mol. The van der Waals surface area contributed by atoms with Crippen LogP contribution in [0, 0.1) is 0 Å². The molecule has 0 saturated heterocycles. The van der Waals surface area contributed by atoms with Crippen LogP contribution in [0.25, 0.3) is 0 Å². The summed E-state index contributed by atoms with van der Waals surface area (Å²) in [5.74, 6) is -1.99. The summed E-state index contributed by atoms with van der Waals surface area (Å²) in [5.41, 5.74) is 0. The predicted molar refractivity (Wildman–Crippen MR) is 45.2 cm³/mol. The molecule has 0 radical (unpaired) electrons. The molecule has 3 N–H and O–H groups in total. The van der Waals surface area contributed by atoms with Crippen molar-refractivity contribution in [2.75, 3.05) is 6.61 Å². The Labute approximate surface area is 80.4 Å². The lowest BCUT2D eigenvalue weighted by molar-refractivity contribution is -0.139. The molecule has 0 aliphatic heterocycles. The summed E-state index contributed by atoms with van der Waals surface area (Å²) >= 11 is 0. The van der Waals surface area contributed by atoms with Crippen LogP contribution in [-0.2, 0) is 14.3 Å². The minimum Gasteiger partial charge on any atom is -0.478 e. The third-order valence-electron chi connectivity index (χ3n) is 1.21. The van der Waals surface area contributed by atoms with Crippen molar-refractivity contribution in [3.8, 4) is 0 Å². The first-order chi connectivity index (χ1) is 6.52. The second-order valence-electron chi connectivity index (χ2n) is 2.46. The SMILES string of the molecule is O=C(O)/C=C\C(=O)OCCCC(O)O. The van der Waals surface area contributed by atoms with Crippen LogP contribution < -0.4 is 0 Å². The number of carboxylic acid groups (broad SMARTS) is 1. The number of aliphatic carboxylic acids is 1. The Hall–Kier alpha value is -1.40. The number of hydrogen-bond donors (Lipinski definition) is 3. The van der Waals surface area contributed by atoms with Crippen LogP contribution in [0.4, 0.5) is 0 Å². The number of carbonyl (C=O) groups excluding carboxylic acids is 1. The Morgan fingerprint density at radius 2 is 1.93 bits per heavy atom. The molecular weight excluding hydrogens is 192 g/mol. The van der Waals surface area contributed by atoms with E-state index in [1.165, 1.54) is 0 Å². The van der Waals surface area contributed by atoms with Crippen LogP contribution in [0.5, 0.6) is 0 Å². The smallest absolute Gasteiger partial charge is 0.331 e. The highest BCUT2D eigenvalue weighted by Gasteiger charge is 2.00. The Morgan fingerprint density at radius 3 is 2.43 bits per heavy atom. The summed E-state index contributed by atoms with van der Waals surface area (Å²) in [7, 11) is 0. The van der Waals surface area contributed by atoms with E-state index >= 15 is 0 Å². The highest BCUT2D eigenvalue weighted by molar-refractivity contribution is 5.90. The van der Waals surface area contributed by atoms with Crippen molar-refractivity contribution < 1.29 is 29.6 Å². The highest BCUT2D eigenvalue weighted by atomic mass is 16.5. The first-order valence-electron chi connectivity index (χ1n) is 3.96. The number of carbonyl (C=O) groups is 2. The molecule has 0 bridgehead atoms. The van der Waals surface area contributed by atoms with Gasteiger partial charge in [0.25, 0.3) is 0 Å². The largest absolute Gasteiger partial charge is 0.478 e. The van der Waals surface area contributed by atoms with Crippen molar-refractivity contribution >= 4 is 11.9 Å². The number of ether oxygens (including phenoxy) is 1. The maximum absolute atomic E-state index is 10.7. The first kappa shape index (κ1) is 12.6. The average molecular weight is 204 g/mol. The summed E-state index contributed by atoms with van der Waals surface area (Å²) in [6.07, 6.45) is 0.463. The van der Waals surface area contributed by atoms with Gasteiger partial charge < -0.3 is 20.1 Å². The molecule has 0 unspecified atom stereocenters. The Bertz CT molecular complexity index is 220. The maximum atomic E-state index is 10.7. The number of aliphatic hydroxyl groups is 2. The van der Waals surface area contributed by atoms with Gasteiger partial charge in [0, 0.05) is 18.6 Å². The third-order valence-corrected chi connectivity index (χ3v) is 1.21. The fourth-order valence-corrected chi connectivity index (χ4v) is 0.626. The molecule has 0 aromatic carbocycles. The van der Waals surface area contributed by atoms with Gasteiger partial charge >= 0.3 is 11.9 Å². The third kappa shape index (κ3) is 8.69. The van der Waals surface area contributed by atoms with Crippen molar-refractivity contribution in [1.82, 2.24) is 0 Å². The second-order valence-corrected chi connectivity index (χ2v) is 2.46. The van der Waals surface area contributed by atoms with E-state index in [1.54, 1.807) is 0 Å². The molecule has 0 atom stereocenters. The second kappa shape index (κ2) is 7.05. The Morgan fingerprint density at radius 1 is 1.29 bits per heavy atom.